The van der Waals surface area contributed by atoms with Crippen molar-refractivity contribution in [1.82, 2.24) is 4.31 Å². The number of anilines is 1. The van der Waals surface area contributed by atoms with E-state index in [2.05, 4.69) is 5.32 Å². The molecule has 0 bridgehead atoms. The molecular weight excluding hydrogens is 336 g/mol. The molecule has 1 atom stereocenters. The van der Waals surface area contributed by atoms with Crippen molar-refractivity contribution in [3.63, 3.8) is 0 Å². The zero-order valence-corrected chi connectivity index (χ0v) is 14.8. The Bertz CT molecular complexity index is 807. The van der Waals surface area contributed by atoms with Crippen LogP contribution in [-0.4, -0.2) is 31.2 Å². The number of sulfonamides is 1. The zero-order valence-electron chi connectivity index (χ0n) is 14.0. The Balaban J connectivity index is 1.74. The van der Waals surface area contributed by atoms with Crippen molar-refractivity contribution in [3.05, 3.63) is 60.7 Å². The number of amides is 1. The lowest BCUT2D eigenvalue weighted by Gasteiger charge is -2.34. The van der Waals surface area contributed by atoms with Gasteiger partial charge in [0, 0.05) is 24.7 Å². The van der Waals surface area contributed by atoms with E-state index in [0.717, 1.165) is 18.5 Å². The summed E-state index contributed by atoms with van der Waals surface area (Å²) in [5, 5.41) is 2.84. The second-order valence-corrected chi connectivity index (χ2v) is 8.09. The number of nitrogens with zero attached hydrogens (tertiary/aromatic N) is 1. The van der Waals surface area contributed by atoms with Gasteiger partial charge in [0.15, 0.2) is 0 Å². The predicted octanol–water partition coefficient (Wildman–Crippen LogP) is 3.26. The fourth-order valence-electron chi connectivity index (χ4n) is 3.17. The van der Waals surface area contributed by atoms with Crippen LogP contribution in [0.15, 0.2) is 65.6 Å². The molecule has 1 amide bonds. The highest BCUT2D eigenvalue weighted by atomic mass is 32.2. The van der Waals surface area contributed by atoms with Crippen molar-refractivity contribution < 1.29 is 13.2 Å². The second kappa shape index (κ2) is 7.80. The van der Waals surface area contributed by atoms with Gasteiger partial charge < -0.3 is 5.32 Å². The minimum Gasteiger partial charge on any atom is -0.326 e. The van der Waals surface area contributed by atoms with Crippen LogP contribution in [0.4, 0.5) is 5.69 Å². The molecule has 0 saturated carbocycles. The highest BCUT2D eigenvalue weighted by Gasteiger charge is 2.34. The number of carbonyl (C=O) groups excluding carboxylic acids is 1. The number of hydrogen-bond donors (Lipinski definition) is 1. The minimum absolute atomic E-state index is 0.161. The van der Waals surface area contributed by atoms with Crippen molar-refractivity contribution in [2.24, 2.45) is 0 Å². The van der Waals surface area contributed by atoms with Crippen LogP contribution in [0.5, 0.6) is 0 Å². The number of carbonyl (C=O) groups is 1. The number of para-hydroxylation sites is 1. The topological polar surface area (TPSA) is 66.5 Å². The number of piperidine rings is 1. The van der Waals surface area contributed by atoms with Crippen LogP contribution in [0.2, 0.25) is 0 Å². The lowest BCUT2D eigenvalue weighted by atomic mass is 10.0. The fraction of sp³-hybridized carbons (Fsp3) is 0.316. The summed E-state index contributed by atoms with van der Waals surface area (Å²) >= 11 is 0. The molecule has 1 aliphatic rings. The average molecular weight is 358 g/mol. The summed E-state index contributed by atoms with van der Waals surface area (Å²) in [7, 11) is -3.58. The molecule has 1 saturated heterocycles. The summed E-state index contributed by atoms with van der Waals surface area (Å²) in [5.41, 5.74) is 0.723. The van der Waals surface area contributed by atoms with E-state index in [4.69, 9.17) is 0 Å². The van der Waals surface area contributed by atoms with E-state index >= 15 is 0 Å². The van der Waals surface area contributed by atoms with Gasteiger partial charge in [-0.15, -0.1) is 0 Å². The molecule has 2 aromatic carbocycles. The Morgan fingerprint density at radius 1 is 1.00 bits per heavy atom. The number of nitrogens with one attached hydrogen (secondary N) is 1. The maximum absolute atomic E-state index is 12.9. The van der Waals surface area contributed by atoms with Gasteiger partial charge in [-0.3, -0.25) is 4.79 Å². The number of hydrogen-bond acceptors (Lipinski definition) is 3. The molecule has 132 valence electrons. The van der Waals surface area contributed by atoms with Crippen LogP contribution < -0.4 is 5.32 Å². The summed E-state index contributed by atoms with van der Waals surface area (Å²) in [4.78, 5) is 12.6. The maximum Gasteiger partial charge on any atom is 0.243 e. The van der Waals surface area contributed by atoms with Crippen LogP contribution in [-0.2, 0) is 14.8 Å². The molecule has 3 rings (SSSR count). The van der Waals surface area contributed by atoms with Gasteiger partial charge in [0.2, 0.25) is 15.9 Å². The molecule has 25 heavy (non-hydrogen) atoms. The van der Waals surface area contributed by atoms with Gasteiger partial charge >= 0.3 is 0 Å². The van der Waals surface area contributed by atoms with E-state index in [1.165, 1.54) is 4.31 Å². The zero-order chi connectivity index (χ0) is 17.7. The van der Waals surface area contributed by atoms with E-state index in [9.17, 15) is 13.2 Å². The molecule has 0 spiro atoms. The first-order valence-corrected chi connectivity index (χ1v) is 9.93. The minimum atomic E-state index is -3.58. The fourth-order valence-corrected chi connectivity index (χ4v) is 4.88. The number of rotatable bonds is 5. The summed E-state index contributed by atoms with van der Waals surface area (Å²) in [6.45, 7) is 0.459. The molecule has 6 heteroatoms. The molecule has 1 aliphatic heterocycles. The molecule has 5 nitrogen and oxygen atoms in total. The molecule has 1 fully saturated rings. The smallest absolute Gasteiger partial charge is 0.243 e. The molecule has 1 unspecified atom stereocenters. The Labute approximate surface area is 148 Å². The van der Waals surface area contributed by atoms with E-state index in [-0.39, 0.29) is 23.3 Å². The average Bonchev–Trinajstić information content (AvgIpc) is 2.63. The van der Waals surface area contributed by atoms with Crippen LogP contribution in [0.1, 0.15) is 25.7 Å². The first kappa shape index (κ1) is 17.6. The van der Waals surface area contributed by atoms with Crippen LogP contribution in [0, 0.1) is 0 Å². The first-order valence-electron chi connectivity index (χ1n) is 8.49. The standard InChI is InChI=1S/C19H22N2O3S/c22-19(20-16-9-3-1-4-10-16)15-17-11-7-8-14-21(17)25(23,24)18-12-5-2-6-13-18/h1-6,9-10,12-13,17H,7-8,11,14-15H2,(H,20,22). The van der Waals surface area contributed by atoms with E-state index in [0.29, 0.717) is 13.0 Å². The summed E-state index contributed by atoms with van der Waals surface area (Å²) in [6, 6.07) is 17.3. The van der Waals surface area contributed by atoms with E-state index in [1.54, 1.807) is 30.3 Å². The van der Waals surface area contributed by atoms with Crippen molar-refractivity contribution in [3.8, 4) is 0 Å². The van der Waals surface area contributed by atoms with Crippen molar-refractivity contribution in [2.45, 2.75) is 36.6 Å². The van der Waals surface area contributed by atoms with Gasteiger partial charge in [-0.05, 0) is 37.1 Å². The van der Waals surface area contributed by atoms with Crippen LogP contribution >= 0.6 is 0 Å². The molecule has 1 N–H and O–H groups in total. The number of benzene rings is 2. The third-order valence-corrected chi connectivity index (χ3v) is 6.37. The van der Waals surface area contributed by atoms with Crippen LogP contribution in [0.25, 0.3) is 0 Å². The highest BCUT2D eigenvalue weighted by molar-refractivity contribution is 7.89. The molecule has 2 aromatic rings. The van der Waals surface area contributed by atoms with Gasteiger partial charge in [0.1, 0.15) is 0 Å². The van der Waals surface area contributed by atoms with Crippen LogP contribution in [0.3, 0.4) is 0 Å². The lowest BCUT2D eigenvalue weighted by molar-refractivity contribution is -0.117. The third kappa shape index (κ3) is 4.27. The van der Waals surface area contributed by atoms with Crippen molar-refractivity contribution >= 4 is 21.6 Å². The Kier molecular flexibility index (Phi) is 5.50. The Hall–Kier alpha value is -2.18. The van der Waals surface area contributed by atoms with Crippen molar-refractivity contribution in [1.29, 1.82) is 0 Å². The lowest BCUT2D eigenvalue weighted by Crippen LogP contribution is -2.45. The van der Waals surface area contributed by atoms with Crippen molar-refractivity contribution in [2.75, 3.05) is 11.9 Å². The Morgan fingerprint density at radius 3 is 2.32 bits per heavy atom. The summed E-state index contributed by atoms with van der Waals surface area (Å²) in [6.07, 6.45) is 2.63. The summed E-state index contributed by atoms with van der Waals surface area (Å²) < 4.78 is 27.4. The third-order valence-electron chi connectivity index (χ3n) is 4.40. The van der Waals surface area contributed by atoms with Gasteiger partial charge in [0.25, 0.3) is 0 Å². The van der Waals surface area contributed by atoms with Gasteiger partial charge in [0.05, 0.1) is 4.90 Å². The highest BCUT2D eigenvalue weighted by Crippen LogP contribution is 2.27. The summed E-state index contributed by atoms with van der Waals surface area (Å²) in [5.74, 6) is -0.161. The van der Waals surface area contributed by atoms with Gasteiger partial charge in [-0.2, -0.15) is 4.31 Å². The quantitative estimate of drug-likeness (QED) is 0.892. The molecule has 0 aliphatic carbocycles. The Morgan fingerprint density at radius 2 is 1.64 bits per heavy atom. The first-order chi connectivity index (χ1) is 12.1. The van der Waals surface area contributed by atoms with E-state index < -0.39 is 10.0 Å². The molecule has 0 aromatic heterocycles. The molecular formula is C19H22N2O3S. The van der Waals surface area contributed by atoms with Gasteiger partial charge in [-0.1, -0.05) is 42.8 Å². The van der Waals surface area contributed by atoms with Gasteiger partial charge in [-0.25, -0.2) is 8.42 Å². The normalized spacial score (nSPS) is 18.6. The molecule has 0 radical (unpaired) electrons. The SMILES string of the molecule is O=C(CC1CCCCN1S(=O)(=O)c1ccccc1)Nc1ccccc1. The monoisotopic (exact) mass is 358 g/mol. The predicted molar refractivity (Wildman–Crippen MR) is 97.7 cm³/mol. The van der Waals surface area contributed by atoms with E-state index in [1.807, 2.05) is 30.3 Å². The maximum atomic E-state index is 12.9. The molecule has 1 heterocycles. The largest absolute Gasteiger partial charge is 0.326 e. The second-order valence-electron chi connectivity index (χ2n) is 6.20.